The van der Waals surface area contributed by atoms with Crippen molar-refractivity contribution in [3.63, 3.8) is 0 Å². The third-order valence-electron chi connectivity index (χ3n) is 2.89. The van der Waals surface area contributed by atoms with Crippen LogP contribution < -0.4 is 0 Å². The van der Waals surface area contributed by atoms with Crippen LogP contribution in [-0.2, 0) is 6.16 Å². The third kappa shape index (κ3) is 2.37. The van der Waals surface area contributed by atoms with Crippen LogP contribution in [0.4, 0.5) is 0 Å². The fourth-order valence-electron chi connectivity index (χ4n) is 1.90. The van der Waals surface area contributed by atoms with E-state index in [1.807, 2.05) is 18.2 Å². The molecule has 3 nitrogen and oxygen atoms in total. The van der Waals surface area contributed by atoms with Crippen molar-refractivity contribution in [2.75, 3.05) is 27.2 Å². The SMILES string of the molecule is CN1CC[N+](C)([O-])P1Cc1ccccc1. The molecule has 1 fully saturated rings. The predicted molar refractivity (Wildman–Crippen MR) is 64.1 cm³/mol. The minimum Gasteiger partial charge on any atom is -0.631 e. The molecule has 0 bridgehead atoms. The van der Waals surface area contributed by atoms with Crippen LogP contribution in [-0.4, -0.2) is 36.3 Å². The zero-order valence-electron chi connectivity index (χ0n) is 9.26. The summed E-state index contributed by atoms with van der Waals surface area (Å²) in [6, 6.07) is 10.3. The molecule has 2 rings (SSSR count). The van der Waals surface area contributed by atoms with Crippen molar-refractivity contribution >= 4 is 8.22 Å². The van der Waals surface area contributed by atoms with Gasteiger partial charge in [0.15, 0.2) is 8.22 Å². The van der Waals surface area contributed by atoms with Gasteiger partial charge in [-0.05, 0) is 12.6 Å². The third-order valence-corrected chi connectivity index (χ3v) is 5.70. The molecular weight excluding hydrogens is 207 g/mol. The van der Waals surface area contributed by atoms with Gasteiger partial charge in [-0.25, -0.2) is 4.67 Å². The second kappa shape index (κ2) is 4.18. The molecule has 0 aliphatic carbocycles. The minimum atomic E-state index is -0.611. The van der Waals surface area contributed by atoms with Crippen molar-refractivity contribution in [3.05, 3.63) is 41.1 Å². The second-order valence-electron chi connectivity index (χ2n) is 4.17. The van der Waals surface area contributed by atoms with Crippen LogP contribution in [0.3, 0.4) is 0 Å². The van der Waals surface area contributed by atoms with Crippen molar-refractivity contribution < 1.29 is 4.42 Å². The molecular formula is C11H17N2OP. The number of hydrogen-bond donors (Lipinski definition) is 0. The lowest BCUT2D eigenvalue weighted by atomic mass is 10.2. The van der Waals surface area contributed by atoms with Gasteiger partial charge >= 0.3 is 0 Å². The smallest absolute Gasteiger partial charge is 0.189 e. The van der Waals surface area contributed by atoms with Crippen molar-refractivity contribution in [1.82, 2.24) is 4.67 Å². The van der Waals surface area contributed by atoms with E-state index >= 15 is 0 Å². The summed E-state index contributed by atoms with van der Waals surface area (Å²) in [5.41, 5.74) is 1.28. The molecule has 1 aromatic carbocycles. The van der Waals surface area contributed by atoms with Crippen LogP contribution in [0.5, 0.6) is 0 Å². The first-order valence-corrected chi connectivity index (χ1v) is 6.62. The number of hydrogen-bond acceptors (Lipinski definition) is 2. The van der Waals surface area contributed by atoms with Crippen molar-refractivity contribution in [3.8, 4) is 0 Å². The van der Waals surface area contributed by atoms with Crippen LogP contribution >= 0.6 is 8.22 Å². The van der Waals surface area contributed by atoms with Crippen LogP contribution in [0.2, 0.25) is 0 Å². The first kappa shape index (κ1) is 11.0. The highest BCUT2D eigenvalue weighted by atomic mass is 31.1. The minimum absolute atomic E-state index is 0.0687. The molecule has 0 spiro atoms. The summed E-state index contributed by atoms with van der Waals surface area (Å²) < 4.78 is 2.16. The van der Waals surface area contributed by atoms with Gasteiger partial charge in [0, 0.05) is 0 Å². The maximum absolute atomic E-state index is 12.2. The average molecular weight is 224 g/mol. The lowest BCUT2D eigenvalue weighted by Crippen LogP contribution is -2.28. The summed E-state index contributed by atoms with van der Waals surface area (Å²) in [6.45, 7) is 1.66. The molecule has 82 valence electrons. The van der Waals surface area contributed by atoms with Gasteiger partial charge in [-0.15, -0.1) is 0 Å². The van der Waals surface area contributed by atoms with Gasteiger partial charge in [0.25, 0.3) is 0 Å². The fourth-order valence-corrected chi connectivity index (χ4v) is 4.27. The Balaban J connectivity index is 2.11. The number of hydroxylamine groups is 2. The Kier molecular flexibility index (Phi) is 3.08. The molecule has 0 radical (unpaired) electrons. The Bertz CT molecular complexity index is 329. The molecule has 1 aliphatic rings. The van der Waals surface area contributed by atoms with Gasteiger partial charge in [0.1, 0.15) is 0 Å². The van der Waals surface area contributed by atoms with Crippen molar-refractivity contribution in [2.45, 2.75) is 6.16 Å². The molecule has 2 atom stereocenters. The highest BCUT2D eigenvalue weighted by Crippen LogP contribution is 2.54. The zero-order chi connectivity index (χ0) is 10.9. The molecule has 1 heterocycles. The molecule has 4 heteroatoms. The van der Waals surface area contributed by atoms with E-state index in [0.717, 1.165) is 19.3 Å². The first-order chi connectivity index (χ1) is 7.09. The predicted octanol–water partition coefficient (Wildman–Crippen LogP) is 2.39. The summed E-state index contributed by atoms with van der Waals surface area (Å²) in [5.74, 6) is 0. The summed E-state index contributed by atoms with van der Waals surface area (Å²) >= 11 is 0. The van der Waals surface area contributed by atoms with E-state index in [-0.39, 0.29) is 4.42 Å². The second-order valence-corrected chi connectivity index (χ2v) is 6.76. The zero-order valence-corrected chi connectivity index (χ0v) is 10.2. The standard InChI is InChI=1S/C11H17N2OP/c1-12-8-9-13(2,14)15(12)10-11-6-4-3-5-7-11/h3-7H,8-10H2,1-2H3. The number of nitrogens with zero attached hydrogens (tertiary/aromatic N) is 2. The van der Waals surface area contributed by atoms with Crippen molar-refractivity contribution in [2.24, 2.45) is 0 Å². The van der Waals surface area contributed by atoms with E-state index in [9.17, 15) is 5.21 Å². The number of benzene rings is 1. The lowest BCUT2D eigenvalue weighted by Gasteiger charge is -2.39. The van der Waals surface area contributed by atoms with E-state index < -0.39 is 8.22 Å². The molecule has 0 amide bonds. The van der Waals surface area contributed by atoms with Crippen LogP contribution in [0.1, 0.15) is 5.56 Å². The van der Waals surface area contributed by atoms with Gasteiger partial charge in [-0.2, -0.15) is 0 Å². The van der Waals surface area contributed by atoms with Gasteiger partial charge in [0.2, 0.25) is 0 Å². The Morgan fingerprint density at radius 3 is 2.60 bits per heavy atom. The normalized spacial score (nSPS) is 32.1. The Morgan fingerprint density at radius 1 is 1.40 bits per heavy atom. The first-order valence-electron chi connectivity index (χ1n) is 5.19. The van der Waals surface area contributed by atoms with E-state index in [2.05, 4.69) is 23.9 Å². The Labute approximate surface area is 92.3 Å². The van der Waals surface area contributed by atoms with E-state index in [1.165, 1.54) is 5.56 Å². The van der Waals surface area contributed by atoms with E-state index in [0.29, 0.717) is 0 Å². The number of quaternary nitrogens is 1. The fraction of sp³-hybridized carbons (Fsp3) is 0.455. The maximum atomic E-state index is 12.2. The monoisotopic (exact) mass is 224 g/mol. The Morgan fingerprint density at radius 2 is 2.07 bits per heavy atom. The topological polar surface area (TPSA) is 26.3 Å². The molecule has 1 aromatic rings. The van der Waals surface area contributed by atoms with Gasteiger partial charge in [-0.1, -0.05) is 30.3 Å². The molecule has 0 aromatic heterocycles. The summed E-state index contributed by atoms with van der Waals surface area (Å²) in [7, 11) is 3.26. The quantitative estimate of drug-likeness (QED) is 0.569. The average Bonchev–Trinajstić information content (AvgIpc) is 2.47. The maximum Gasteiger partial charge on any atom is 0.189 e. The number of likely N-dealkylation sites (N-methyl/N-ethyl adjacent to an activating group) is 2. The molecule has 0 N–H and O–H groups in total. The molecule has 1 aliphatic heterocycles. The molecule has 15 heavy (non-hydrogen) atoms. The largest absolute Gasteiger partial charge is 0.631 e. The summed E-state index contributed by atoms with van der Waals surface area (Å²) in [6.07, 6.45) is 0.909. The lowest BCUT2D eigenvalue weighted by molar-refractivity contribution is -0.723. The summed E-state index contributed by atoms with van der Waals surface area (Å²) in [4.78, 5) is 0. The van der Waals surface area contributed by atoms with Crippen LogP contribution in [0.25, 0.3) is 0 Å². The van der Waals surface area contributed by atoms with Crippen molar-refractivity contribution in [1.29, 1.82) is 0 Å². The number of rotatable bonds is 2. The summed E-state index contributed by atoms with van der Waals surface area (Å²) in [5, 5.41) is 12.2. The molecule has 1 saturated heterocycles. The molecule has 2 unspecified atom stereocenters. The van der Waals surface area contributed by atoms with Gasteiger partial charge in [-0.3, -0.25) is 0 Å². The van der Waals surface area contributed by atoms with Crippen LogP contribution in [0.15, 0.2) is 30.3 Å². The van der Waals surface area contributed by atoms with Crippen LogP contribution in [0, 0.1) is 5.21 Å². The van der Waals surface area contributed by atoms with Gasteiger partial charge < -0.3 is 9.62 Å². The molecule has 0 saturated carbocycles. The van der Waals surface area contributed by atoms with Gasteiger partial charge in [0.05, 0.1) is 26.3 Å². The Hall–Kier alpha value is -0.470. The highest BCUT2D eigenvalue weighted by molar-refractivity contribution is 7.48. The van der Waals surface area contributed by atoms with E-state index in [1.54, 1.807) is 7.05 Å². The highest BCUT2D eigenvalue weighted by Gasteiger charge is 2.37. The van der Waals surface area contributed by atoms with E-state index in [4.69, 9.17) is 0 Å².